The second kappa shape index (κ2) is 12.1. The molecule has 0 saturated heterocycles. The molecule has 0 atom stereocenters. The van der Waals surface area contributed by atoms with E-state index in [-0.39, 0.29) is 42.8 Å². The maximum absolute atomic E-state index is 14.5. The molecule has 0 spiro atoms. The molecule has 0 radical (unpaired) electrons. The number of rotatable bonds is 8. The Hall–Kier alpha value is -4.32. The van der Waals surface area contributed by atoms with Crippen LogP contribution in [-0.4, -0.2) is 49.0 Å². The van der Waals surface area contributed by atoms with Crippen LogP contribution in [0.4, 0.5) is 17.6 Å². The van der Waals surface area contributed by atoms with Crippen LogP contribution in [0.2, 0.25) is 5.02 Å². The molecule has 2 aromatic heterocycles. The largest absolute Gasteiger partial charge is 0.481 e. The number of aliphatic carboxylic acids is 1. The van der Waals surface area contributed by atoms with Crippen LogP contribution in [-0.2, 0) is 17.5 Å². The number of pyridine rings is 1. The normalized spacial score (nSPS) is 17.1. The van der Waals surface area contributed by atoms with Gasteiger partial charge in [0.25, 0.3) is 5.91 Å². The van der Waals surface area contributed by atoms with Gasteiger partial charge in [-0.05, 0) is 49.4 Å². The maximum atomic E-state index is 14.5. The van der Waals surface area contributed by atoms with Gasteiger partial charge in [0.05, 0.1) is 40.8 Å². The number of carbonyl (C=O) groups is 3. The first kappa shape index (κ1) is 30.1. The van der Waals surface area contributed by atoms with Crippen LogP contribution in [0.1, 0.15) is 63.7 Å². The molecule has 0 unspecified atom stereocenters. The maximum Gasteiger partial charge on any atom is 0.433 e. The van der Waals surface area contributed by atoms with Gasteiger partial charge in [-0.15, -0.1) is 0 Å². The fourth-order valence-corrected chi connectivity index (χ4v) is 5.73. The van der Waals surface area contributed by atoms with E-state index in [2.05, 4.69) is 10.1 Å². The van der Waals surface area contributed by atoms with E-state index in [1.807, 2.05) is 0 Å². The molecule has 5 rings (SSSR count). The molecule has 1 fully saturated rings. The minimum Gasteiger partial charge on any atom is -0.481 e. The fourth-order valence-electron chi connectivity index (χ4n) is 5.48. The van der Waals surface area contributed by atoms with Crippen molar-refractivity contribution >= 4 is 40.2 Å². The van der Waals surface area contributed by atoms with Crippen LogP contribution in [0.5, 0.6) is 0 Å². The Morgan fingerprint density at radius 1 is 1.00 bits per heavy atom. The molecule has 13 heteroatoms. The van der Waals surface area contributed by atoms with Gasteiger partial charge in [-0.1, -0.05) is 41.9 Å². The van der Waals surface area contributed by atoms with Gasteiger partial charge in [-0.2, -0.15) is 18.3 Å². The Bertz CT molecular complexity index is 1680. The molecule has 1 amide bonds. The highest BCUT2D eigenvalue weighted by atomic mass is 35.5. The van der Waals surface area contributed by atoms with Crippen LogP contribution >= 0.6 is 11.6 Å². The number of amides is 1. The number of alkyl halides is 3. The summed E-state index contributed by atoms with van der Waals surface area (Å²) < 4.78 is 57.8. The predicted molar refractivity (Wildman–Crippen MR) is 148 cm³/mol. The van der Waals surface area contributed by atoms with Crippen molar-refractivity contribution in [2.45, 2.75) is 44.4 Å². The summed E-state index contributed by atoms with van der Waals surface area (Å²) in [5.41, 5.74) is -1.13. The zero-order chi connectivity index (χ0) is 30.9. The minimum absolute atomic E-state index is 0.0126. The molecule has 1 saturated carbocycles. The third-order valence-corrected chi connectivity index (χ3v) is 7.89. The van der Waals surface area contributed by atoms with Crippen molar-refractivity contribution in [2.75, 3.05) is 6.54 Å². The van der Waals surface area contributed by atoms with Crippen LogP contribution in [0.3, 0.4) is 0 Å². The van der Waals surface area contributed by atoms with E-state index < -0.39 is 59.4 Å². The zero-order valence-corrected chi connectivity index (χ0v) is 23.3. The van der Waals surface area contributed by atoms with Gasteiger partial charge in [0.15, 0.2) is 11.5 Å². The van der Waals surface area contributed by atoms with Crippen molar-refractivity contribution in [3.8, 4) is 0 Å². The number of Topliss-reactive ketones (excluding diaryl/α,β-unsaturated/α-hetero) is 1. The number of benzene rings is 2. The number of ketones is 1. The van der Waals surface area contributed by atoms with E-state index in [1.54, 1.807) is 24.3 Å². The molecule has 1 aliphatic carbocycles. The molecular formula is C30H25ClF4N4O4. The zero-order valence-electron chi connectivity index (χ0n) is 22.5. The van der Waals surface area contributed by atoms with E-state index in [1.165, 1.54) is 18.3 Å². The molecule has 1 N–H and O–H groups in total. The van der Waals surface area contributed by atoms with Crippen molar-refractivity contribution in [3.63, 3.8) is 0 Å². The van der Waals surface area contributed by atoms with Crippen LogP contribution in [0.25, 0.3) is 10.9 Å². The average Bonchev–Trinajstić information content (AvgIpc) is 3.44. The highest BCUT2D eigenvalue weighted by Crippen LogP contribution is 2.39. The number of nitrogens with zero attached hydrogens (tertiary/aromatic N) is 4. The number of carboxylic acid groups (broad SMARTS) is 1. The summed E-state index contributed by atoms with van der Waals surface area (Å²) in [6, 6.07) is 10.9. The summed E-state index contributed by atoms with van der Waals surface area (Å²) in [4.78, 5) is 44.0. The molecule has 0 aliphatic heterocycles. The SMILES string of the molecule is O=C(CN(Cc1ccc(F)cc1)C(=O)c1cnn([C@H]2CC[C@H](C(=O)O)CC2)c1C(F)(F)F)c1c(Cl)cnc2ccccc12. The summed E-state index contributed by atoms with van der Waals surface area (Å²) in [6.07, 6.45) is -2.25. The van der Waals surface area contributed by atoms with Gasteiger partial charge >= 0.3 is 12.1 Å². The molecule has 8 nitrogen and oxygen atoms in total. The third kappa shape index (κ3) is 6.38. The van der Waals surface area contributed by atoms with Crippen LogP contribution < -0.4 is 0 Å². The lowest BCUT2D eigenvalue weighted by Gasteiger charge is -2.28. The standard InChI is InChI=1S/C30H25ClF4N4O4/c31-23-14-36-24-4-2-1-3-21(24)26(23)25(40)16-38(15-17-5-9-19(32)10-6-17)28(41)22-13-37-39(27(22)30(33,34)35)20-11-7-18(8-12-20)29(42)43/h1-6,9-10,13-14,18,20H,7-8,11-12,15-16H2,(H,42,43)/t18-,20-. The Balaban J connectivity index is 1.52. The molecule has 4 aromatic rings. The number of hydrogen-bond acceptors (Lipinski definition) is 5. The number of halogens is 5. The van der Waals surface area contributed by atoms with Crippen LogP contribution in [0, 0.1) is 11.7 Å². The number of fused-ring (bicyclic) bond motifs is 1. The van der Waals surface area contributed by atoms with Gasteiger partial charge in [0, 0.05) is 23.7 Å². The van der Waals surface area contributed by atoms with Gasteiger partial charge in [0.2, 0.25) is 0 Å². The average molecular weight is 617 g/mol. The Labute approximate surface area is 247 Å². The van der Waals surface area contributed by atoms with E-state index in [4.69, 9.17) is 11.6 Å². The predicted octanol–water partition coefficient (Wildman–Crippen LogP) is 6.58. The molecule has 43 heavy (non-hydrogen) atoms. The van der Waals surface area contributed by atoms with Crippen molar-refractivity contribution in [1.29, 1.82) is 0 Å². The Morgan fingerprint density at radius 3 is 2.33 bits per heavy atom. The lowest BCUT2D eigenvalue weighted by molar-refractivity contribution is -0.147. The van der Waals surface area contributed by atoms with E-state index >= 15 is 0 Å². The summed E-state index contributed by atoms with van der Waals surface area (Å²) in [5, 5.41) is 13.6. The van der Waals surface area contributed by atoms with Gasteiger partial charge < -0.3 is 10.0 Å². The highest BCUT2D eigenvalue weighted by molar-refractivity contribution is 6.35. The Morgan fingerprint density at radius 2 is 1.67 bits per heavy atom. The molecule has 2 heterocycles. The summed E-state index contributed by atoms with van der Waals surface area (Å²) in [6.45, 7) is -0.951. The second-order valence-electron chi connectivity index (χ2n) is 10.4. The first-order chi connectivity index (χ1) is 20.4. The van der Waals surface area contributed by atoms with E-state index in [0.29, 0.717) is 16.5 Å². The minimum atomic E-state index is -4.98. The van der Waals surface area contributed by atoms with E-state index in [9.17, 15) is 37.1 Å². The molecule has 1 aliphatic rings. The quantitative estimate of drug-likeness (QED) is 0.177. The monoisotopic (exact) mass is 616 g/mol. The summed E-state index contributed by atoms with van der Waals surface area (Å²) in [5.74, 6) is -3.95. The van der Waals surface area contributed by atoms with Crippen molar-refractivity contribution in [3.05, 3.63) is 94.1 Å². The topological polar surface area (TPSA) is 105 Å². The van der Waals surface area contributed by atoms with Crippen molar-refractivity contribution in [2.24, 2.45) is 5.92 Å². The lowest BCUT2D eigenvalue weighted by atomic mass is 9.86. The molecular weight excluding hydrogens is 592 g/mol. The van der Waals surface area contributed by atoms with Crippen molar-refractivity contribution < 1.29 is 37.1 Å². The number of carbonyl (C=O) groups excluding carboxylic acids is 2. The number of para-hydroxylation sites is 1. The summed E-state index contributed by atoms with van der Waals surface area (Å²) in [7, 11) is 0. The molecule has 224 valence electrons. The van der Waals surface area contributed by atoms with Crippen LogP contribution in [0.15, 0.2) is 60.9 Å². The fraction of sp³-hybridized carbons (Fsp3) is 0.300. The molecule has 2 aromatic carbocycles. The highest BCUT2D eigenvalue weighted by Gasteiger charge is 2.43. The lowest BCUT2D eigenvalue weighted by Crippen LogP contribution is -2.37. The number of hydrogen-bond donors (Lipinski definition) is 1. The molecule has 0 bridgehead atoms. The first-order valence-corrected chi connectivity index (χ1v) is 13.8. The van der Waals surface area contributed by atoms with Crippen molar-refractivity contribution in [1.82, 2.24) is 19.7 Å². The smallest absolute Gasteiger partial charge is 0.433 e. The Kier molecular flexibility index (Phi) is 8.50. The number of carboxylic acids is 1. The number of aromatic nitrogens is 3. The van der Waals surface area contributed by atoms with E-state index in [0.717, 1.165) is 27.9 Å². The van der Waals surface area contributed by atoms with Gasteiger partial charge in [-0.25, -0.2) is 4.39 Å². The van der Waals surface area contributed by atoms with Gasteiger partial charge in [0.1, 0.15) is 5.82 Å². The second-order valence-corrected chi connectivity index (χ2v) is 10.8. The van der Waals surface area contributed by atoms with Gasteiger partial charge in [-0.3, -0.25) is 24.0 Å². The third-order valence-electron chi connectivity index (χ3n) is 7.60. The summed E-state index contributed by atoms with van der Waals surface area (Å²) >= 11 is 6.33. The first-order valence-electron chi connectivity index (χ1n) is 13.4.